The van der Waals surface area contributed by atoms with Gasteiger partial charge in [-0.2, -0.15) is 0 Å². The minimum absolute atomic E-state index is 0.669. The van der Waals surface area contributed by atoms with Gasteiger partial charge in [-0.15, -0.1) is 11.3 Å². The van der Waals surface area contributed by atoms with Crippen molar-refractivity contribution in [2.45, 2.75) is 0 Å². The zero-order valence-electron chi connectivity index (χ0n) is 19.3. The van der Waals surface area contributed by atoms with Gasteiger partial charge in [0.15, 0.2) is 17.8 Å². The van der Waals surface area contributed by atoms with Crippen LogP contribution in [-0.2, 0) is 0 Å². The van der Waals surface area contributed by atoms with E-state index in [0.29, 0.717) is 4.88 Å². The molecule has 2 heterocycles. The Labute approximate surface area is 197 Å². The molecule has 0 saturated heterocycles. The van der Waals surface area contributed by atoms with Gasteiger partial charge in [-0.1, -0.05) is 12.1 Å². The normalized spacial score (nSPS) is 10.1. The number of nitrogens with zero attached hydrogens (tertiary/aromatic N) is 1. The van der Waals surface area contributed by atoms with Crippen LogP contribution in [0.1, 0.15) is 9.67 Å². The van der Waals surface area contributed by atoms with Crippen molar-refractivity contribution in [1.29, 1.82) is 0 Å². The molecule has 4 aromatic rings. The van der Waals surface area contributed by atoms with E-state index in [4.69, 9.17) is 14.2 Å². The highest BCUT2D eigenvalue weighted by Crippen LogP contribution is 2.35. The van der Waals surface area contributed by atoms with Gasteiger partial charge in [0.05, 0.1) is 37.6 Å². The molecule has 0 spiro atoms. The van der Waals surface area contributed by atoms with Crippen molar-refractivity contribution in [3.8, 4) is 28.5 Å². The minimum atomic E-state index is 0.669. The molecule has 2 N–H and O–H groups in total. The molecule has 7 nitrogen and oxygen atoms in total. The molecule has 0 fully saturated rings. The SMILES string of the molecule is CNc1c(C=O)sc2nc(-c3cccc(OC)c3)ccc12.CNc1ccc(OC)c(OC)c1. The van der Waals surface area contributed by atoms with E-state index in [0.717, 1.165) is 56.4 Å². The molecular weight excluding hydrogens is 438 g/mol. The van der Waals surface area contributed by atoms with Crippen LogP contribution in [-0.4, -0.2) is 46.7 Å². The van der Waals surface area contributed by atoms with E-state index in [-0.39, 0.29) is 0 Å². The molecule has 0 aliphatic carbocycles. The number of methoxy groups -OCH3 is 3. The number of fused-ring (bicyclic) bond motifs is 1. The molecule has 8 heteroatoms. The quantitative estimate of drug-likeness (QED) is 0.345. The van der Waals surface area contributed by atoms with Crippen LogP contribution in [0.4, 0.5) is 11.4 Å². The Kier molecular flexibility index (Phi) is 8.10. The summed E-state index contributed by atoms with van der Waals surface area (Å²) >= 11 is 1.39. The summed E-state index contributed by atoms with van der Waals surface area (Å²) in [4.78, 5) is 17.3. The number of hydrogen-bond acceptors (Lipinski definition) is 8. The van der Waals surface area contributed by atoms with Gasteiger partial charge in [-0.25, -0.2) is 4.98 Å². The molecule has 4 rings (SSSR count). The van der Waals surface area contributed by atoms with Crippen molar-refractivity contribution in [2.75, 3.05) is 46.1 Å². The molecule has 0 atom stereocenters. The number of aromatic nitrogens is 1. The summed E-state index contributed by atoms with van der Waals surface area (Å²) < 4.78 is 15.4. The van der Waals surface area contributed by atoms with E-state index in [1.54, 1.807) is 21.3 Å². The summed E-state index contributed by atoms with van der Waals surface area (Å²) in [7, 11) is 8.56. The molecule has 0 bridgehead atoms. The van der Waals surface area contributed by atoms with Crippen LogP contribution in [0.2, 0.25) is 0 Å². The van der Waals surface area contributed by atoms with Crippen molar-refractivity contribution in [3.05, 3.63) is 59.5 Å². The van der Waals surface area contributed by atoms with Crippen LogP contribution in [0.3, 0.4) is 0 Å². The lowest BCUT2D eigenvalue weighted by Crippen LogP contribution is -1.93. The Balaban J connectivity index is 0.000000218. The van der Waals surface area contributed by atoms with E-state index in [1.807, 2.05) is 68.7 Å². The fourth-order valence-electron chi connectivity index (χ4n) is 3.27. The Morgan fingerprint density at radius 1 is 0.879 bits per heavy atom. The number of thiophene rings is 1. The van der Waals surface area contributed by atoms with Crippen molar-refractivity contribution < 1.29 is 19.0 Å². The summed E-state index contributed by atoms with van der Waals surface area (Å²) in [5, 5.41) is 7.05. The van der Waals surface area contributed by atoms with Gasteiger partial charge < -0.3 is 24.8 Å². The predicted octanol–water partition coefficient (Wildman–Crippen LogP) is 5.57. The molecule has 172 valence electrons. The standard InChI is InChI=1S/C16H14N2O2S.C9H13NO2/c1-17-15-12-6-7-13(18-16(12)21-14(15)9-19)10-4-3-5-11(8-10)20-2;1-10-7-4-5-8(11-2)9(6-7)12-3/h3-9,17H,1-2H3;4-6,10H,1-3H3. The fraction of sp³-hybridized carbons (Fsp3) is 0.200. The summed E-state index contributed by atoms with van der Waals surface area (Å²) in [5.74, 6) is 2.28. The maximum atomic E-state index is 11.1. The second-order valence-corrected chi connectivity index (χ2v) is 7.84. The number of rotatable bonds is 7. The Bertz CT molecular complexity index is 1240. The van der Waals surface area contributed by atoms with Crippen molar-refractivity contribution >= 4 is 39.2 Å². The molecule has 0 aliphatic heterocycles. The van der Waals surface area contributed by atoms with Gasteiger partial charge in [0.2, 0.25) is 0 Å². The number of ether oxygens (including phenoxy) is 3. The zero-order chi connectivity index (χ0) is 23.8. The Hall–Kier alpha value is -3.78. The highest BCUT2D eigenvalue weighted by molar-refractivity contribution is 7.20. The lowest BCUT2D eigenvalue weighted by molar-refractivity contribution is 0.112. The predicted molar refractivity (Wildman–Crippen MR) is 136 cm³/mol. The smallest absolute Gasteiger partial charge is 0.162 e. The first-order chi connectivity index (χ1) is 16.1. The van der Waals surface area contributed by atoms with E-state index >= 15 is 0 Å². The largest absolute Gasteiger partial charge is 0.497 e. The van der Waals surface area contributed by atoms with Gasteiger partial charge in [-0.3, -0.25) is 4.79 Å². The molecule has 0 aliphatic rings. The number of aldehydes is 1. The Morgan fingerprint density at radius 3 is 2.30 bits per heavy atom. The summed E-state index contributed by atoms with van der Waals surface area (Å²) in [6.45, 7) is 0. The number of carbonyl (C=O) groups excluding carboxylic acids is 1. The maximum Gasteiger partial charge on any atom is 0.162 e. The molecule has 0 saturated carbocycles. The van der Waals surface area contributed by atoms with E-state index in [1.165, 1.54) is 11.3 Å². The third-order valence-electron chi connectivity index (χ3n) is 4.98. The van der Waals surface area contributed by atoms with Crippen LogP contribution in [0, 0.1) is 0 Å². The number of anilines is 2. The summed E-state index contributed by atoms with van der Waals surface area (Å²) in [5.41, 5.74) is 3.70. The first kappa shape index (κ1) is 23.9. The van der Waals surface area contributed by atoms with Gasteiger partial charge in [0.1, 0.15) is 10.6 Å². The molecule has 33 heavy (non-hydrogen) atoms. The summed E-state index contributed by atoms with van der Waals surface area (Å²) in [6, 6.07) is 17.4. The average Bonchev–Trinajstić information content (AvgIpc) is 3.25. The Morgan fingerprint density at radius 2 is 1.67 bits per heavy atom. The van der Waals surface area contributed by atoms with Crippen LogP contribution in [0.5, 0.6) is 17.2 Å². The lowest BCUT2D eigenvalue weighted by Gasteiger charge is -2.08. The van der Waals surface area contributed by atoms with Crippen LogP contribution < -0.4 is 24.8 Å². The molecule has 2 aromatic heterocycles. The number of hydrogen-bond donors (Lipinski definition) is 2. The number of benzene rings is 2. The second-order valence-electron chi connectivity index (χ2n) is 6.81. The lowest BCUT2D eigenvalue weighted by atomic mass is 10.1. The van der Waals surface area contributed by atoms with Gasteiger partial charge in [-0.05, 0) is 36.4 Å². The zero-order valence-corrected chi connectivity index (χ0v) is 20.1. The molecule has 0 amide bonds. The van der Waals surface area contributed by atoms with E-state index in [2.05, 4.69) is 15.6 Å². The van der Waals surface area contributed by atoms with E-state index < -0.39 is 0 Å². The highest BCUT2D eigenvalue weighted by atomic mass is 32.1. The average molecular weight is 466 g/mol. The number of nitrogens with one attached hydrogen (secondary N) is 2. The van der Waals surface area contributed by atoms with Gasteiger partial charge >= 0.3 is 0 Å². The molecule has 0 unspecified atom stereocenters. The maximum absolute atomic E-state index is 11.1. The van der Waals surface area contributed by atoms with Gasteiger partial charge in [0.25, 0.3) is 0 Å². The van der Waals surface area contributed by atoms with Crippen molar-refractivity contribution in [2.24, 2.45) is 0 Å². The molecule has 0 radical (unpaired) electrons. The summed E-state index contributed by atoms with van der Waals surface area (Å²) in [6.07, 6.45) is 0.864. The molecular formula is C25H27N3O4S. The monoisotopic (exact) mass is 465 g/mol. The topological polar surface area (TPSA) is 81.7 Å². The highest BCUT2D eigenvalue weighted by Gasteiger charge is 2.12. The third-order valence-corrected chi connectivity index (χ3v) is 6.00. The fourth-order valence-corrected chi connectivity index (χ4v) is 4.27. The van der Waals surface area contributed by atoms with Gasteiger partial charge in [0, 0.05) is 36.8 Å². The molecule has 2 aromatic carbocycles. The first-order valence-electron chi connectivity index (χ1n) is 10.2. The van der Waals surface area contributed by atoms with Crippen LogP contribution in [0.15, 0.2) is 54.6 Å². The second kappa shape index (κ2) is 11.2. The minimum Gasteiger partial charge on any atom is -0.497 e. The number of pyridine rings is 1. The van der Waals surface area contributed by atoms with Crippen molar-refractivity contribution in [3.63, 3.8) is 0 Å². The third kappa shape index (κ3) is 5.35. The van der Waals surface area contributed by atoms with Crippen LogP contribution >= 0.6 is 11.3 Å². The van der Waals surface area contributed by atoms with Crippen molar-refractivity contribution in [1.82, 2.24) is 4.98 Å². The number of carbonyl (C=O) groups is 1. The first-order valence-corrected chi connectivity index (χ1v) is 11.0. The van der Waals surface area contributed by atoms with E-state index in [9.17, 15) is 4.79 Å². The van der Waals surface area contributed by atoms with Crippen LogP contribution in [0.25, 0.3) is 21.5 Å².